The zero-order valence-electron chi connectivity index (χ0n) is 17.1. The lowest BCUT2D eigenvalue weighted by atomic mass is 10.0. The third-order valence-electron chi connectivity index (χ3n) is 5.76. The summed E-state index contributed by atoms with van der Waals surface area (Å²) in [4.78, 5) is 16.6. The van der Waals surface area contributed by atoms with Gasteiger partial charge in [-0.1, -0.05) is 43.0 Å². The van der Waals surface area contributed by atoms with Gasteiger partial charge in [0.15, 0.2) is 0 Å². The first-order valence-electron chi connectivity index (χ1n) is 10.7. The van der Waals surface area contributed by atoms with Gasteiger partial charge in [-0.2, -0.15) is 0 Å². The van der Waals surface area contributed by atoms with Crippen LogP contribution in [0.15, 0.2) is 48.9 Å². The Hall–Kier alpha value is -3.22. The Bertz CT molecular complexity index is 978. The van der Waals surface area contributed by atoms with Crippen molar-refractivity contribution < 1.29 is 4.79 Å². The number of nitrogens with zero attached hydrogens (tertiary/aromatic N) is 4. The maximum Gasteiger partial charge on any atom is 0.224 e. The maximum atomic E-state index is 12.5. The van der Waals surface area contributed by atoms with Crippen molar-refractivity contribution in [3.8, 4) is 11.1 Å². The van der Waals surface area contributed by atoms with Crippen molar-refractivity contribution in [2.24, 2.45) is 5.92 Å². The number of amides is 1. The summed E-state index contributed by atoms with van der Waals surface area (Å²) in [6, 6.07) is 9.45. The highest BCUT2D eigenvalue weighted by Gasteiger charge is 2.15. The lowest BCUT2D eigenvalue weighted by molar-refractivity contribution is -0.116. The second-order valence-electron chi connectivity index (χ2n) is 8.00. The van der Waals surface area contributed by atoms with E-state index < -0.39 is 0 Å². The summed E-state index contributed by atoms with van der Waals surface area (Å²) < 4.78 is 1.90. The standard InChI is InChI=1S/C23H28N6O/c24-21-9-7-18(19-6-3-12-25-15-19)14-22(21)26-23(30)10-8-20-16-29(28-27-20)13-11-17-4-1-2-5-17/h3,6-7,9,12,14-17H,1-2,4-5,8,10-11,13,24H2,(H,26,30). The molecule has 0 atom stereocenters. The van der Waals surface area contributed by atoms with Gasteiger partial charge in [0.05, 0.1) is 17.1 Å². The molecule has 7 nitrogen and oxygen atoms in total. The number of nitrogen functional groups attached to an aromatic ring is 1. The first-order valence-corrected chi connectivity index (χ1v) is 10.7. The van der Waals surface area contributed by atoms with Crippen LogP contribution in [0.1, 0.15) is 44.2 Å². The number of pyridine rings is 1. The molecule has 1 fully saturated rings. The number of aryl methyl sites for hydroxylation is 2. The molecule has 0 radical (unpaired) electrons. The largest absolute Gasteiger partial charge is 0.397 e. The summed E-state index contributed by atoms with van der Waals surface area (Å²) in [6.45, 7) is 0.904. The summed E-state index contributed by atoms with van der Waals surface area (Å²) in [5, 5.41) is 11.3. The first-order chi connectivity index (χ1) is 14.7. The molecule has 1 aliphatic rings. The second kappa shape index (κ2) is 9.52. The molecule has 0 unspecified atom stereocenters. The Morgan fingerprint density at radius 1 is 1.20 bits per heavy atom. The van der Waals surface area contributed by atoms with Crippen molar-refractivity contribution in [2.75, 3.05) is 11.1 Å². The smallest absolute Gasteiger partial charge is 0.224 e. The molecule has 0 aliphatic heterocycles. The van der Waals surface area contributed by atoms with Crippen molar-refractivity contribution in [3.63, 3.8) is 0 Å². The fourth-order valence-corrected chi connectivity index (χ4v) is 4.01. The van der Waals surface area contributed by atoms with E-state index in [9.17, 15) is 4.79 Å². The monoisotopic (exact) mass is 404 g/mol. The molecule has 0 bridgehead atoms. The van der Waals surface area contributed by atoms with Crippen LogP contribution in [-0.4, -0.2) is 25.9 Å². The summed E-state index contributed by atoms with van der Waals surface area (Å²) >= 11 is 0. The van der Waals surface area contributed by atoms with Crippen LogP contribution >= 0.6 is 0 Å². The van der Waals surface area contributed by atoms with Gasteiger partial charge in [0, 0.05) is 43.5 Å². The average molecular weight is 405 g/mol. The minimum Gasteiger partial charge on any atom is -0.397 e. The molecule has 3 N–H and O–H groups in total. The normalized spacial score (nSPS) is 14.1. The van der Waals surface area contributed by atoms with Crippen molar-refractivity contribution in [3.05, 3.63) is 54.6 Å². The SMILES string of the molecule is Nc1ccc(-c2cccnc2)cc1NC(=O)CCc1cn(CCC2CCCC2)nn1. The van der Waals surface area contributed by atoms with Crippen molar-refractivity contribution in [2.45, 2.75) is 51.5 Å². The molecule has 0 saturated heterocycles. The number of carbonyl (C=O) groups excluding carboxylic acids is 1. The fraction of sp³-hybridized carbons (Fsp3) is 0.391. The molecule has 2 heterocycles. The Morgan fingerprint density at radius 2 is 2.07 bits per heavy atom. The molecular formula is C23H28N6O. The van der Waals surface area contributed by atoms with Gasteiger partial charge in [-0.25, -0.2) is 0 Å². The molecule has 156 valence electrons. The second-order valence-corrected chi connectivity index (χ2v) is 8.00. The molecule has 4 rings (SSSR count). The molecule has 1 saturated carbocycles. The zero-order valence-corrected chi connectivity index (χ0v) is 17.1. The quantitative estimate of drug-likeness (QED) is 0.551. The van der Waals surface area contributed by atoms with Crippen LogP contribution in [0.3, 0.4) is 0 Å². The van der Waals surface area contributed by atoms with Crippen molar-refractivity contribution in [1.82, 2.24) is 20.0 Å². The number of benzene rings is 1. The Balaban J connectivity index is 1.30. The number of carbonyl (C=O) groups is 1. The van der Waals surface area contributed by atoms with Gasteiger partial charge in [0.25, 0.3) is 0 Å². The number of nitrogens with one attached hydrogen (secondary N) is 1. The summed E-state index contributed by atoms with van der Waals surface area (Å²) in [7, 11) is 0. The Morgan fingerprint density at radius 3 is 2.87 bits per heavy atom. The van der Waals surface area contributed by atoms with Crippen molar-refractivity contribution in [1.29, 1.82) is 0 Å². The molecule has 1 aliphatic carbocycles. The molecular weight excluding hydrogens is 376 g/mol. The summed E-state index contributed by atoms with van der Waals surface area (Å²) in [5.41, 5.74) is 9.98. The maximum absolute atomic E-state index is 12.5. The van der Waals surface area contributed by atoms with Gasteiger partial charge < -0.3 is 11.1 Å². The van der Waals surface area contributed by atoms with Crippen LogP contribution in [0.25, 0.3) is 11.1 Å². The fourth-order valence-electron chi connectivity index (χ4n) is 4.01. The molecule has 0 spiro atoms. The van der Waals surface area contributed by atoms with E-state index in [0.717, 1.165) is 35.7 Å². The Labute approximate surface area is 176 Å². The highest BCUT2D eigenvalue weighted by atomic mass is 16.1. The van der Waals surface area contributed by atoms with E-state index in [1.54, 1.807) is 18.5 Å². The van der Waals surface area contributed by atoms with Crippen LogP contribution in [0.4, 0.5) is 11.4 Å². The predicted octanol–water partition coefficient (Wildman–Crippen LogP) is 4.07. The van der Waals surface area contributed by atoms with E-state index in [-0.39, 0.29) is 5.91 Å². The number of aromatic nitrogens is 4. The minimum atomic E-state index is -0.0921. The van der Waals surface area contributed by atoms with Crippen LogP contribution in [0.5, 0.6) is 0 Å². The lowest BCUT2D eigenvalue weighted by Crippen LogP contribution is -2.13. The molecule has 1 aromatic carbocycles. The van der Waals surface area contributed by atoms with E-state index >= 15 is 0 Å². The first kappa shape index (κ1) is 20.1. The van der Waals surface area contributed by atoms with Gasteiger partial charge in [-0.05, 0) is 36.1 Å². The molecule has 7 heteroatoms. The van der Waals surface area contributed by atoms with E-state index in [1.807, 2.05) is 35.1 Å². The van der Waals surface area contributed by atoms with Crippen LogP contribution < -0.4 is 11.1 Å². The zero-order chi connectivity index (χ0) is 20.8. The van der Waals surface area contributed by atoms with Gasteiger partial charge in [0.2, 0.25) is 5.91 Å². The van der Waals surface area contributed by atoms with Gasteiger partial charge in [0.1, 0.15) is 0 Å². The van der Waals surface area contributed by atoms with E-state index in [4.69, 9.17) is 5.73 Å². The van der Waals surface area contributed by atoms with E-state index in [2.05, 4.69) is 20.6 Å². The third kappa shape index (κ3) is 5.23. The third-order valence-corrected chi connectivity index (χ3v) is 5.76. The van der Waals surface area contributed by atoms with Gasteiger partial charge in [-0.3, -0.25) is 14.5 Å². The van der Waals surface area contributed by atoms with Gasteiger partial charge >= 0.3 is 0 Å². The van der Waals surface area contributed by atoms with Crippen LogP contribution in [0, 0.1) is 5.92 Å². The minimum absolute atomic E-state index is 0.0921. The number of nitrogens with two attached hydrogens (primary N) is 1. The van der Waals surface area contributed by atoms with Crippen molar-refractivity contribution >= 4 is 17.3 Å². The highest BCUT2D eigenvalue weighted by molar-refractivity contribution is 5.95. The summed E-state index contributed by atoms with van der Waals surface area (Å²) in [5.74, 6) is 0.738. The van der Waals surface area contributed by atoms with Crippen LogP contribution in [-0.2, 0) is 17.8 Å². The highest BCUT2D eigenvalue weighted by Crippen LogP contribution is 2.28. The number of anilines is 2. The van der Waals surface area contributed by atoms with E-state index in [1.165, 1.54) is 25.7 Å². The number of hydrogen-bond donors (Lipinski definition) is 2. The van der Waals surface area contributed by atoms with Crippen LogP contribution in [0.2, 0.25) is 0 Å². The topological polar surface area (TPSA) is 98.7 Å². The number of hydrogen-bond acceptors (Lipinski definition) is 5. The molecule has 2 aromatic heterocycles. The average Bonchev–Trinajstić information content (AvgIpc) is 3.45. The predicted molar refractivity (Wildman–Crippen MR) is 118 cm³/mol. The van der Waals surface area contributed by atoms with Gasteiger partial charge in [-0.15, -0.1) is 5.10 Å². The summed E-state index contributed by atoms with van der Waals surface area (Å²) in [6.07, 6.45) is 12.9. The molecule has 30 heavy (non-hydrogen) atoms. The Kier molecular flexibility index (Phi) is 6.37. The molecule has 3 aromatic rings. The number of rotatable bonds is 8. The molecule has 1 amide bonds. The van der Waals surface area contributed by atoms with E-state index in [0.29, 0.717) is 24.2 Å². The lowest BCUT2D eigenvalue weighted by Gasteiger charge is -2.10.